The molecule has 0 unspecified atom stereocenters. The van der Waals surface area contributed by atoms with Gasteiger partial charge in [-0.25, -0.2) is 0 Å². The summed E-state index contributed by atoms with van der Waals surface area (Å²) in [5, 5.41) is 1.37. The lowest BCUT2D eigenvalue weighted by atomic mass is 10.0. The highest BCUT2D eigenvalue weighted by Gasteiger charge is 2.06. The third-order valence-electron chi connectivity index (χ3n) is 2.86. The summed E-state index contributed by atoms with van der Waals surface area (Å²) in [7, 11) is 0. The molecule has 15 heavy (non-hydrogen) atoms. The van der Waals surface area contributed by atoms with Crippen LogP contribution in [0.25, 0.3) is 10.9 Å². The van der Waals surface area contributed by atoms with Gasteiger partial charge in [-0.15, -0.1) is 0 Å². The third-order valence-corrected chi connectivity index (χ3v) is 3.75. The molecule has 0 saturated heterocycles. The summed E-state index contributed by atoms with van der Waals surface area (Å²) in [4.78, 5) is 0. The quantitative estimate of drug-likeness (QED) is 0.725. The van der Waals surface area contributed by atoms with Crippen LogP contribution in [-0.4, -0.2) is 4.57 Å². The van der Waals surface area contributed by atoms with Crippen molar-refractivity contribution in [2.75, 3.05) is 0 Å². The fourth-order valence-corrected chi connectivity index (χ4v) is 2.87. The maximum absolute atomic E-state index is 2.41. The van der Waals surface area contributed by atoms with Crippen LogP contribution in [0.15, 0.2) is 24.3 Å². The Hall–Kier alpha value is -0.510. The van der Waals surface area contributed by atoms with Gasteiger partial charge < -0.3 is 4.57 Å². The van der Waals surface area contributed by atoms with E-state index in [0.29, 0.717) is 5.92 Å². The Morgan fingerprint density at radius 1 is 1.27 bits per heavy atom. The van der Waals surface area contributed by atoms with Crippen LogP contribution in [0.3, 0.4) is 0 Å². The predicted octanol–water partition coefficient (Wildman–Crippen LogP) is 4.39. The summed E-state index contributed by atoms with van der Waals surface area (Å²) in [5.74, 6) is 0.608. The summed E-state index contributed by atoms with van der Waals surface area (Å²) < 4.78 is 3.67. The van der Waals surface area contributed by atoms with Crippen LogP contribution in [-0.2, 0) is 6.54 Å². The van der Waals surface area contributed by atoms with E-state index in [1.54, 1.807) is 0 Å². The Balaban J connectivity index is 2.64. The molecule has 0 spiro atoms. The van der Waals surface area contributed by atoms with Gasteiger partial charge in [-0.3, -0.25) is 0 Å². The van der Waals surface area contributed by atoms with E-state index >= 15 is 0 Å². The van der Waals surface area contributed by atoms with E-state index in [9.17, 15) is 0 Å². The maximum Gasteiger partial charge on any atom is 0.0809 e. The van der Waals surface area contributed by atoms with Crippen molar-refractivity contribution in [1.82, 2.24) is 4.57 Å². The largest absolute Gasteiger partial charge is 0.336 e. The van der Waals surface area contributed by atoms with E-state index in [4.69, 9.17) is 0 Å². The van der Waals surface area contributed by atoms with Gasteiger partial charge in [0.1, 0.15) is 0 Å². The van der Waals surface area contributed by atoms with Gasteiger partial charge in [-0.2, -0.15) is 0 Å². The van der Waals surface area contributed by atoms with Crippen molar-refractivity contribution < 1.29 is 0 Å². The van der Waals surface area contributed by atoms with Crippen molar-refractivity contribution in [3.63, 3.8) is 0 Å². The number of benzene rings is 1. The van der Waals surface area contributed by atoms with Crippen molar-refractivity contribution in [1.29, 1.82) is 0 Å². The minimum absolute atomic E-state index is 0.608. The van der Waals surface area contributed by atoms with Gasteiger partial charge in [-0.1, -0.05) is 19.9 Å². The van der Waals surface area contributed by atoms with E-state index in [0.717, 1.165) is 6.54 Å². The summed E-state index contributed by atoms with van der Waals surface area (Å²) in [6.45, 7) is 7.71. The van der Waals surface area contributed by atoms with Gasteiger partial charge in [-0.05, 0) is 59.2 Å². The molecule has 0 aliphatic heterocycles. The second-order valence-corrected chi connectivity index (χ2v) is 5.29. The van der Waals surface area contributed by atoms with Gasteiger partial charge >= 0.3 is 0 Å². The molecule has 1 heterocycles. The summed E-state index contributed by atoms with van der Waals surface area (Å²) in [6.07, 6.45) is 0. The zero-order valence-electron chi connectivity index (χ0n) is 9.42. The number of hydrogen-bond acceptors (Lipinski definition) is 0. The Bertz CT molecular complexity index is 482. The molecule has 2 aromatic rings. The number of rotatable bonds is 2. The molecule has 1 aromatic carbocycles. The van der Waals surface area contributed by atoms with Crippen LogP contribution in [0.5, 0.6) is 0 Å². The average molecular weight is 313 g/mol. The van der Waals surface area contributed by atoms with Gasteiger partial charge in [0.15, 0.2) is 0 Å². The van der Waals surface area contributed by atoms with Gasteiger partial charge in [0, 0.05) is 17.4 Å². The molecule has 0 amide bonds. The van der Waals surface area contributed by atoms with E-state index in [1.807, 2.05) is 0 Å². The first-order valence-corrected chi connectivity index (χ1v) is 6.50. The maximum atomic E-state index is 2.41. The minimum atomic E-state index is 0.608. The van der Waals surface area contributed by atoms with E-state index < -0.39 is 0 Å². The van der Waals surface area contributed by atoms with Crippen LogP contribution < -0.4 is 0 Å². The van der Waals surface area contributed by atoms with Crippen LogP contribution in [0.1, 0.15) is 32.3 Å². The summed E-state index contributed by atoms with van der Waals surface area (Å²) in [6, 6.07) is 9.07. The number of aromatic nitrogens is 1. The van der Waals surface area contributed by atoms with Gasteiger partial charge in [0.2, 0.25) is 0 Å². The molecule has 0 aliphatic carbocycles. The third kappa shape index (κ3) is 1.92. The molecule has 0 radical (unpaired) electrons. The lowest BCUT2D eigenvalue weighted by Crippen LogP contribution is -1.95. The molecule has 1 nitrogen and oxygen atoms in total. The summed E-state index contributed by atoms with van der Waals surface area (Å²) >= 11 is 2.41. The predicted molar refractivity (Wildman–Crippen MR) is 74.4 cm³/mol. The number of nitrogens with zero attached hydrogens (tertiary/aromatic N) is 1. The highest BCUT2D eigenvalue weighted by molar-refractivity contribution is 14.1. The number of hydrogen-bond donors (Lipinski definition) is 0. The lowest BCUT2D eigenvalue weighted by Gasteiger charge is -2.06. The fourth-order valence-electron chi connectivity index (χ4n) is 1.94. The Kier molecular flexibility index (Phi) is 3.05. The molecule has 2 heteroatoms. The van der Waals surface area contributed by atoms with Crippen LogP contribution >= 0.6 is 22.6 Å². The van der Waals surface area contributed by atoms with Crippen molar-refractivity contribution >= 4 is 33.5 Å². The van der Waals surface area contributed by atoms with Crippen molar-refractivity contribution in [3.05, 3.63) is 33.5 Å². The normalized spacial score (nSPS) is 11.5. The highest BCUT2D eigenvalue weighted by atomic mass is 127. The topological polar surface area (TPSA) is 4.93 Å². The van der Waals surface area contributed by atoms with Gasteiger partial charge in [0.05, 0.1) is 3.70 Å². The van der Waals surface area contributed by atoms with Gasteiger partial charge in [0.25, 0.3) is 0 Å². The molecule has 2 rings (SSSR count). The molecule has 1 aromatic heterocycles. The Labute approximate surface area is 105 Å². The van der Waals surface area contributed by atoms with E-state index in [1.165, 1.54) is 20.2 Å². The SMILES string of the molecule is CCn1c(I)cc2cc(C(C)C)ccc21. The molecule has 0 saturated carbocycles. The molecular formula is C13H16IN. The van der Waals surface area contributed by atoms with Crippen LogP contribution in [0, 0.1) is 3.70 Å². The van der Waals surface area contributed by atoms with Crippen LogP contribution in [0.4, 0.5) is 0 Å². The lowest BCUT2D eigenvalue weighted by molar-refractivity contribution is 0.777. The Morgan fingerprint density at radius 2 is 2.00 bits per heavy atom. The molecule has 0 aliphatic rings. The number of fused-ring (bicyclic) bond motifs is 1. The Morgan fingerprint density at radius 3 is 2.60 bits per heavy atom. The smallest absolute Gasteiger partial charge is 0.0809 e. The second-order valence-electron chi connectivity index (χ2n) is 4.18. The molecule has 80 valence electrons. The molecule has 0 bridgehead atoms. The monoisotopic (exact) mass is 313 g/mol. The van der Waals surface area contributed by atoms with Crippen molar-refractivity contribution in [2.45, 2.75) is 33.2 Å². The van der Waals surface area contributed by atoms with Crippen LogP contribution in [0.2, 0.25) is 0 Å². The first-order valence-electron chi connectivity index (χ1n) is 5.42. The molecule has 0 N–H and O–H groups in total. The summed E-state index contributed by atoms with van der Waals surface area (Å²) in [5.41, 5.74) is 2.78. The molecular weight excluding hydrogens is 297 g/mol. The second kappa shape index (κ2) is 4.16. The zero-order chi connectivity index (χ0) is 11.0. The standard InChI is InChI=1S/C13H16IN/c1-4-15-12-6-5-10(9(2)3)7-11(12)8-13(15)14/h5-9H,4H2,1-3H3. The van der Waals surface area contributed by atoms with Crippen molar-refractivity contribution in [3.8, 4) is 0 Å². The van der Waals surface area contributed by atoms with E-state index in [2.05, 4.69) is 72.2 Å². The molecule has 0 atom stereocenters. The fraction of sp³-hybridized carbons (Fsp3) is 0.385. The highest BCUT2D eigenvalue weighted by Crippen LogP contribution is 2.25. The zero-order valence-corrected chi connectivity index (χ0v) is 11.6. The first-order chi connectivity index (χ1) is 7.13. The minimum Gasteiger partial charge on any atom is -0.336 e. The van der Waals surface area contributed by atoms with Crippen molar-refractivity contribution in [2.24, 2.45) is 0 Å². The molecule has 0 fully saturated rings. The number of aryl methyl sites for hydroxylation is 1. The number of halogens is 1. The first kappa shape index (κ1) is 11.0. The van der Waals surface area contributed by atoms with E-state index in [-0.39, 0.29) is 0 Å². The average Bonchev–Trinajstić information content (AvgIpc) is 2.51.